The normalized spacial score (nSPS) is 40.5. The van der Waals surface area contributed by atoms with Gasteiger partial charge in [-0.15, -0.1) is 0 Å². The SMILES string of the molecule is CC12CCC3C(C(O)CC4CCCCC43C)C1CCC2CCCC(=O)NCCS(=O)(=O)O.CCC. The van der Waals surface area contributed by atoms with Crippen LogP contribution in [0.3, 0.4) is 0 Å². The van der Waals surface area contributed by atoms with Crippen LogP contribution in [0, 0.1) is 40.4 Å². The van der Waals surface area contributed by atoms with E-state index >= 15 is 0 Å². The van der Waals surface area contributed by atoms with Gasteiger partial charge in [-0.1, -0.05) is 47.0 Å². The van der Waals surface area contributed by atoms with Crippen LogP contribution in [0.5, 0.6) is 0 Å². The predicted octanol–water partition coefficient (Wildman–Crippen LogP) is 5.60. The van der Waals surface area contributed by atoms with Crippen molar-refractivity contribution in [2.45, 2.75) is 117 Å². The topological polar surface area (TPSA) is 104 Å². The van der Waals surface area contributed by atoms with Crippen molar-refractivity contribution >= 4 is 16.0 Å². The van der Waals surface area contributed by atoms with E-state index in [1.54, 1.807) is 0 Å². The highest BCUT2D eigenvalue weighted by Gasteiger charge is 2.61. The molecule has 0 saturated heterocycles. The molecule has 0 bridgehead atoms. The molecule has 0 spiro atoms. The molecule has 6 nitrogen and oxygen atoms in total. The molecule has 0 heterocycles. The van der Waals surface area contributed by atoms with Crippen LogP contribution >= 0.6 is 0 Å². The first-order chi connectivity index (χ1) is 16.5. The zero-order chi connectivity index (χ0) is 25.9. The summed E-state index contributed by atoms with van der Waals surface area (Å²) in [5.74, 6) is 2.44. The molecule has 1 amide bonds. The summed E-state index contributed by atoms with van der Waals surface area (Å²) in [6, 6.07) is 0. The van der Waals surface area contributed by atoms with Crippen molar-refractivity contribution < 1.29 is 22.9 Å². The van der Waals surface area contributed by atoms with Crippen LogP contribution in [0.2, 0.25) is 0 Å². The first kappa shape index (κ1) is 28.9. The van der Waals surface area contributed by atoms with E-state index in [-0.39, 0.29) is 24.0 Å². The summed E-state index contributed by atoms with van der Waals surface area (Å²) < 4.78 is 30.3. The van der Waals surface area contributed by atoms with Gasteiger partial charge in [0, 0.05) is 13.0 Å². The third-order valence-corrected chi connectivity index (χ3v) is 11.2. The smallest absolute Gasteiger partial charge is 0.266 e. The van der Waals surface area contributed by atoms with Crippen LogP contribution in [0.4, 0.5) is 0 Å². The molecule has 8 atom stereocenters. The van der Waals surface area contributed by atoms with Gasteiger partial charge in [0.1, 0.15) is 0 Å². The van der Waals surface area contributed by atoms with Crippen LogP contribution in [-0.2, 0) is 14.9 Å². The van der Waals surface area contributed by atoms with Crippen molar-refractivity contribution in [1.82, 2.24) is 5.32 Å². The lowest BCUT2D eigenvalue weighted by molar-refractivity contribution is -0.162. The maximum Gasteiger partial charge on any atom is 0.266 e. The molecule has 3 N–H and O–H groups in total. The number of rotatable bonds is 7. The standard InChI is InChI=1S/C25H43NO5S.C3H8/c1-24-12-4-3-6-18(24)16-21(27)23-19-10-9-17(25(19,2)13-11-20(23)24)7-5-8-22(28)26-14-15-32(29,30)31;1-3-2/h17-21,23,27H,3-16H2,1-2H3,(H,26,28)(H,29,30,31);3H2,1-2H3. The average Bonchev–Trinajstić information content (AvgIpc) is 3.10. The first-order valence-corrected chi connectivity index (χ1v) is 16.0. The van der Waals surface area contributed by atoms with Gasteiger partial charge in [-0.3, -0.25) is 9.35 Å². The molecule has 4 saturated carbocycles. The summed E-state index contributed by atoms with van der Waals surface area (Å²) in [6.45, 7) is 9.21. The minimum absolute atomic E-state index is 0.0401. The molecule has 0 aromatic carbocycles. The van der Waals surface area contributed by atoms with E-state index in [0.29, 0.717) is 41.4 Å². The molecular formula is C28H51NO5S. The van der Waals surface area contributed by atoms with Crippen molar-refractivity contribution in [2.75, 3.05) is 12.3 Å². The monoisotopic (exact) mass is 513 g/mol. The average molecular weight is 514 g/mol. The van der Waals surface area contributed by atoms with E-state index in [9.17, 15) is 18.3 Å². The molecule has 204 valence electrons. The second-order valence-electron chi connectivity index (χ2n) is 12.6. The second kappa shape index (κ2) is 11.8. The number of hydrogen-bond donors (Lipinski definition) is 3. The Morgan fingerprint density at radius 3 is 2.37 bits per heavy atom. The maximum atomic E-state index is 12.0. The molecule has 0 radical (unpaired) electrons. The van der Waals surface area contributed by atoms with Crippen molar-refractivity contribution in [3.63, 3.8) is 0 Å². The lowest BCUT2D eigenvalue weighted by Gasteiger charge is -2.62. The van der Waals surface area contributed by atoms with E-state index in [0.717, 1.165) is 19.3 Å². The fraction of sp³-hybridized carbons (Fsp3) is 0.964. The minimum Gasteiger partial charge on any atom is -0.393 e. The quantitative estimate of drug-likeness (QED) is 0.385. The second-order valence-corrected chi connectivity index (χ2v) is 14.2. The molecule has 0 aliphatic heterocycles. The Bertz CT molecular complexity index is 816. The molecule has 4 fully saturated rings. The Morgan fingerprint density at radius 2 is 1.69 bits per heavy atom. The highest BCUT2D eigenvalue weighted by Crippen LogP contribution is 2.67. The Kier molecular flexibility index (Phi) is 9.75. The van der Waals surface area contributed by atoms with Gasteiger partial charge in [-0.2, -0.15) is 8.42 Å². The summed E-state index contributed by atoms with van der Waals surface area (Å²) in [5, 5.41) is 13.9. The predicted molar refractivity (Wildman–Crippen MR) is 140 cm³/mol. The molecule has 7 heteroatoms. The van der Waals surface area contributed by atoms with Crippen molar-refractivity contribution in [2.24, 2.45) is 40.4 Å². The molecule has 4 rings (SSSR count). The molecule has 0 aromatic heterocycles. The lowest BCUT2D eigenvalue weighted by Crippen LogP contribution is -2.57. The van der Waals surface area contributed by atoms with Crippen LogP contribution in [0.25, 0.3) is 0 Å². The van der Waals surface area contributed by atoms with Gasteiger partial charge in [-0.05, 0) is 98.2 Å². The molecule has 4 aliphatic carbocycles. The Balaban J connectivity index is 0.00000108. The summed E-state index contributed by atoms with van der Waals surface area (Å²) in [4.78, 5) is 12.0. The number of amides is 1. The zero-order valence-electron chi connectivity index (χ0n) is 22.6. The molecule has 0 aromatic rings. The number of fused-ring (bicyclic) bond motifs is 5. The minimum atomic E-state index is -4.04. The summed E-state index contributed by atoms with van der Waals surface area (Å²) in [6.07, 6.45) is 14.5. The van der Waals surface area contributed by atoms with E-state index in [1.165, 1.54) is 57.8 Å². The van der Waals surface area contributed by atoms with E-state index in [2.05, 4.69) is 33.0 Å². The number of aliphatic hydroxyl groups excluding tert-OH is 1. The molecule has 35 heavy (non-hydrogen) atoms. The lowest BCUT2D eigenvalue weighted by atomic mass is 9.44. The van der Waals surface area contributed by atoms with Gasteiger partial charge in [-0.25, -0.2) is 0 Å². The van der Waals surface area contributed by atoms with Gasteiger partial charge in [0.15, 0.2) is 0 Å². The summed E-state index contributed by atoms with van der Waals surface area (Å²) in [7, 11) is -4.04. The third kappa shape index (κ3) is 6.43. The van der Waals surface area contributed by atoms with Crippen LogP contribution < -0.4 is 5.32 Å². The van der Waals surface area contributed by atoms with Gasteiger partial charge in [0.2, 0.25) is 5.91 Å². The largest absolute Gasteiger partial charge is 0.393 e. The number of hydrogen-bond acceptors (Lipinski definition) is 4. The van der Waals surface area contributed by atoms with Crippen molar-refractivity contribution in [1.29, 1.82) is 0 Å². The molecular weight excluding hydrogens is 462 g/mol. The van der Waals surface area contributed by atoms with Gasteiger partial charge < -0.3 is 10.4 Å². The summed E-state index contributed by atoms with van der Waals surface area (Å²) >= 11 is 0. The number of carbonyl (C=O) groups excluding carboxylic acids is 1. The van der Waals surface area contributed by atoms with Crippen LogP contribution in [-0.4, -0.2) is 42.4 Å². The van der Waals surface area contributed by atoms with Crippen LogP contribution in [0.1, 0.15) is 111 Å². The van der Waals surface area contributed by atoms with E-state index in [1.807, 2.05) is 0 Å². The fourth-order valence-corrected chi connectivity index (χ4v) is 9.11. The third-order valence-electron chi connectivity index (χ3n) is 10.4. The summed E-state index contributed by atoms with van der Waals surface area (Å²) in [5.41, 5.74) is 0.684. The number of nitrogens with one attached hydrogen (secondary N) is 1. The van der Waals surface area contributed by atoms with E-state index in [4.69, 9.17) is 4.55 Å². The van der Waals surface area contributed by atoms with E-state index < -0.39 is 15.9 Å². The van der Waals surface area contributed by atoms with Gasteiger partial charge >= 0.3 is 0 Å². The molecule has 4 aliphatic rings. The zero-order valence-corrected chi connectivity index (χ0v) is 23.4. The highest BCUT2D eigenvalue weighted by atomic mass is 32.2. The molecule has 8 unspecified atom stereocenters. The first-order valence-electron chi connectivity index (χ1n) is 14.4. The van der Waals surface area contributed by atoms with Gasteiger partial charge in [0.25, 0.3) is 10.1 Å². The van der Waals surface area contributed by atoms with Crippen molar-refractivity contribution in [3.05, 3.63) is 0 Å². The Hall–Kier alpha value is -0.660. The Morgan fingerprint density at radius 1 is 1.00 bits per heavy atom. The maximum absolute atomic E-state index is 12.0. The fourth-order valence-electron chi connectivity index (χ4n) is 8.75. The number of carbonyl (C=O) groups is 1. The van der Waals surface area contributed by atoms with Crippen LogP contribution in [0.15, 0.2) is 0 Å². The van der Waals surface area contributed by atoms with Gasteiger partial charge in [0.05, 0.1) is 11.9 Å². The van der Waals surface area contributed by atoms with Crippen molar-refractivity contribution in [3.8, 4) is 0 Å². The Labute approximate surface area is 214 Å². The number of aliphatic hydroxyl groups is 1. The highest BCUT2D eigenvalue weighted by molar-refractivity contribution is 7.85.